The molecule has 9 nitrogen and oxygen atoms in total. The highest BCUT2D eigenvalue weighted by Gasteiger charge is 2.30. The van der Waals surface area contributed by atoms with Crippen molar-refractivity contribution in [1.29, 1.82) is 0 Å². The maximum atomic E-state index is 13.2. The topological polar surface area (TPSA) is 139 Å². The first kappa shape index (κ1) is 22.9. The number of aryl methyl sites for hydroxylation is 1. The van der Waals surface area contributed by atoms with Crippen LogP contribution in [0.15, 0.2) is 70.4 Å². The Bertz CT molecular complexity index is 1700. The number of hydrogen-bond acceptors (Lipinski definition) is 7. The molecule has 3 N–H and O–H groups in total. The van der Waals surface area contributed by atoms with E-state index in [0.29, 0.717) is 21.3 Å². The number of hydrogen-bond donors (Lipinski definition) is 3. The van der Waals surface area contributed by atoms with Gasteiger partial charge >= 0.3 is 5.69 Å². The van der Waals surface area contributed by atoms with Crippen molar-refractivity contribution in [2.75, 3.05) is 0 Å². The molecule has 5 rings (SSSR count). The molecule has 0 amide bonds. The van der Waals surface area contributed by atoms with Gasteiger partial charge in [0.1, 0.15) is 17.2 Å². The van der Waals surface area contributed by atoms with Crippen molar-refractivity contribution in [3.63, 3.8) is 0 Å². The molecule has 1 aliphatic carbocycles. The Kier molecular flexibility index (Phi) is 5.32. The van der Waals surface area contributed by atoms with E-state index < -0.39 is 22.9 Å². The van der Waals surface area contributed by atoms with Gasteiger partial charge in [0, 0.05) is 23.4 Å². The van der Waals surface area contributed by atoms with E-state index in [2.05, 4.69) is 0 Å². The van der Waals surface area contributed by atoms with Crippen LogP contribution in [0.4, 0.5) is 0 Å². The van der Waals surface area contributed by atoms with E-state index in [9.17, 15) is 34.5 Å². The quantitative estimate of drug-likeness (QED) is 0.357. The fraction of sp³-hybridized carbons (Fsp3) is 0.111. The Labute approximate surface area is 203 Å². The summed E-state index contributed by atoms with van der Waals surface area (Å²) >= 11 is 0. The third-order valence-corrected chi connectivity index (χ3v) is 6.18. The molecule has 0 saturated heterocycles. The van der Waals surface area contributed by atoms with Crippen molar-refractivity contribution < 1.29 is 24.9 Å². The summed E-state index contributed by atoms with van der Waals surface area (Å²) in [5.41, 5.74) is 0.142. The van der Waals surface area contributed by atoms with Crippen LogP contribution in [0.3, 0.4) is 0 Å². The zero-order valence-electron chi connectivity index (χ0n) is 19.1. The Morgan fingerprint density at radius 2 is 1.53 bits per heavy atom. The third-order valence-electron chi connectivity index (χ3n) is 6.18. The number of carbonyl (C=O) groups excluding carboxylic acids is 2. The molecule has 1 aromatic heterocycles. The number of aromatic hydroxyl groups is 3. The number of benzene rings is 3. The number of phenols is 3. The van der Waals surface area contributed by atoms with E-state index in [0.717, 1.165) is 6.07 Å². The molecular weight excluding hydrogens is 464 g/mol. The van der Waals surface area contributed by atoms with Crippen molar-refractivity contribution in [2.45, 2.75) is 19.9 Å². The molecule has 1 aliphatic rings. The second-order valence-electron chi connectivity index (χ2n) is 8.69. The monoisotopic (exact) mass is 484 g/mol. The second-order valence-corrected chi connectivity index (χ2v) is 8.69. The smallest absolute Gasteiger partial charge is 0.338 e. The average molecular weight is 484 g/mol. The van der Waals surface area contributed by atoms with Crippen LogP contribution in [0, 0.1) is 6.92 Å². The van der Waals surface area contributed by atoms with E-state index in [1.165, 1.54) is 42.0 Å². The molecule has 0 unspecified atom stereocenters. The van der Waals surface area contributed by atoms with Crippen LogP contribution in [-0.4, -0.2) is 36.1 Å². The molecule has 3 aromatic carbocycles. The van der Waals surface area contributed by atoms with Crippen LogP contribution >= 0.6 is 0 Å². The first-order valence-electron chi connectivity index (χ1n) is 11.0. The maximum Gasteiger partial charge on any atom is 0.338 e. The van der Waals surface area contributed by atoms with Gasteiger partial charge in [0.2, 0.25) is 5.78 Å². The summed E-state index contributed by atoms with van der Waals surface area (Å²) in [4.78, 5) is 51.8. The molecule has 0 radical (unpaired) electrons. The summed E-state index contributed by atoms with van der Waals surface area (Å²) in [6.45, 7) is 1.40. The molecule has 0 atom stereocenters. The van der Waals surface area contributed by atoms with Crippen LogP contribution in [0.25, 0.3) is 0 Å². The summed E-state index contributed by atoms with van der Waals surface area (Å²) < 4.78 is 1.77. The van der Waals surface area contributed by atoms with E-state index >= 15 is 0 Å². The lowest BCUT2D eigenvalue weighted by molar-refractivity contribution is 0.0947. The fourth-order valence-electron chi connectivity index (χ4n) is 4.58. The Hall–Kier alpha value is -4.92. The molecular formula is C27H20N2O7. The molecule has 4 aromatic rings. The SMILES string of the molecule is Cc1cn(Cc2cc(O)c3c(c2)Cc2cc(O)cc(O)c2C3=O)c(=O)n(C(=O)c2ccccc2)c1=O. The molecule has 1 heterocycles. The predicted molar refractivity (Wildman–Crippen MR) is 129 cm³/mol. The minimum absolute atomic E-state index is 0.0155. The Morgan fingerprint density at radius 1 is 0.889 bits per heavy atom. The average Bonchev–Trinajstić information content (AvgIpc) is 2.82. The van der Waals surface area contributed by atoms with E-state index in [-0.39, 0.29) is 52.5 Å². The summed E-state index contributed by atoms with van der Waals surface area (Å²) in [5.74, 6) is -2.24. The van der Waals surface area contributed by atoms with E-state index in [4.69, 9.17) is 0 Å². The summed E-state index contributed by atoms with van der Waals surface area (Å²) in [6.07, 6.45) is 1.49. The van der Waals surface area contributed by atoms with Crippen LogP contribution < -0.4 is 11.2 Å². The van der Waals surface area contributed by atoms with Crippen LogP contribution in [0.2, 0.25) is 0 Å². The second kappa shape index (κ2) is 8.38. The minimum Gasteiger partial charge on any atom is -0.508 e. The summed E-state index contributed by atoms with van der Waals surface area (Å²) in [7, 11) is 0. The maximum absolute atomic E-state index is 13.2. The zero-order chi connectivity index (χ0) is 25.7. The van der Waals surface area contributed by atoms with Gasteiger partial charge in [-0.05, 0) is 54.3 Å². The van der Waals surface area contributed by atoms with Gasteiger partial charge in [0.25, 0.3) is 11.5 Å². The van der Waals surface area contributed by atoms with Gasteiger partial charge in [0.15, 0.2) is 0 Å². The first-order chi connectivity index (χ1) is 17.2. The number of fused-ring (bicyclic) bond motifs is 2. The lowest BCUT2D eigenvalue weighted by Gasteiger charge is -2.22. The molecule has 0 spiro atoms. The fourth-order valence-corrected chi connectivity index (χ4v) is 4.58. The number of aromatic nitrogens is 2. The minimum atomic E-state index is -0.840. The molecule has 180 valence electrons. The molecule has 0 fully saturated rings. The summed E-state index contributed by atoms with van der Waals surface area (Å²) in [6, 6.07) is 13.4. The molecule has 9 heteroatoms. The highest BCUT2D eigenvalue weighted by atomic mass is 16.3. The van der Waals surface area contributed by atoms with Crippen LogP contribution in [0.5, 0.6) is 17.2 Å². The predicted octanol–water partition coefficient (Wildman–Crippen LogP) is 2.31. The lowest BCUT2D eigenvalue weighted by Crippen LogP contribution is -2.44. The standard InChI is InChI=1S/C27H20N2O7/c1-14-12-28(27(36)29(25(14)34)26(35)16-5-3-2-4-6-16)13-15-7-17-9-18-10-19(30)11-21(32)23(18)24(33)22(17)20(31)8-15/h2-8,10-12,30-32H,9,13H2,1H3. The Morgan fingerprint density at radius 3 is 2.22 bits per heavy atom. The van der Waals surface area contributed by atoms with Crippen molar-refractivity contribution in [3.8, 4) is 17.2 Å². The number of ketones is 1. The van der Waals surface area contributed by atoms with E-state index in [1.807, 2.05) is 0 Å². The van der Waals surface area contributed by atoms with Gasteiger partial charge < -0.3 is 15.3 Å². The number of nitrogens with zero attached hydrogens (tertiary/aromatic N) is 2. The van der Waals surface area contributed by atoms with Crippen LogP contribution in [-0.2, 0) is 13.0 Å². The van der Waals surface area contributed by atoms with Crippen molar-refractivity contribution in [2.24, 2.45) is 0 Å². The highest BCUT2D eigenvalue weighted by molar-refractivity contribution is 6.15. The lowest BCUT2D eigenvalue weighted by atomic mass is 9.83. The first-order valence-corrected chi connectivity index (χ1v) is 11.0. The highest BCUT2D eigenvalue weighted by Crippen LogP contribution is 2.39. The molecule has 36 heavy (non-hydrogen) atoms. The van der Waals surface area contributed by atoms with Gasteiger partial charge in [-0.25, -0.2) is 4.79 Å². The number of rotatable bonds is 3. The Balaban J connectivity index is 1.57. The van der Waals surface area contributed by atoms with Gasteiger partial charge in [-0.2, -0.15) is 4.57 Å². The van der Waals surface area contributed by atoms with Gasteiger partial charge in [-0.15, -0.1) is 0 Å². The van der Waals surface area contributed by atoms with E-state index in [1.54, 1.807) is 24.3 Å². The normalized spacial score (nSPS) is 12.2. The van der Waals surface area contributed by atoms with Gasteiger partial charge in [-0.3, -0.25) is 19.0 Å². The molecule has 0 aliphatic heterocycles. The van der Waals surface area contributed by atoms with Crippen LogP contribution in [0.1, 0.15) is 48.5 Å². The van der Waals surface area contributed by atoms with Crippen molar-refractivity contribution >= 4 is 11.7 Å². The largest absolute Gasteiger partial charge is 0.508 e. The summed E-state index contributed by atoms with van der Waals surface area (Å²) in [5, 5.41) is 30.6. The van der Waals surface area contributed by atoms with Crippen molar-refractivity contribution in [3.05, 3.63) is 121 Å². The van der Waals surface area contributed by atoms with Crippen molar-refractivity contribution in [1.82, 2.24) is 9.13 Å². The number of phenolic OH excluding ortho intramolecular Hbond substituents is 3. The van der Waals surface area contributed by atoms with Gasteiger partial charge in [-0.1, -0.05) is 24.3 Å². The zero-order valence-corrected chi connectivity index (χ0v) is 19.1. The van der Waals surface area contributed by atoms with Gasteiger partial charge in [0.05, 0.1) is 17.7 Å². The molecule has 0 bridgehead atoms. The molecule has 0 saturated carbocycles. The third kappa shape index (κ3) is 3.67. The number of carbonyl (C=O) groups is 2.